The van der Waals surface area contributed by atoms with Gasteiger partial charge in [0.25, 0.3) is 5.91 Å². The second kappa shape index (κ2) is 13.5. The summed E-state index contributed by atoms with van der Waals surface area (Å²) in [6.45, 7) is -0.305. The number of hydrogen-bond donors (Lipinski definition) is 3. The van der Waals surface area contributed by atoms with Crippen LogP contribution in [0.3, 0.4) is 0 Å². The van der Waals surface area contributed by atoms with Crippen molar-refractivity contribution in [2.24, 2.45) is 5.16 Å². The van der Waals surface area contributed by atoms with Crippen LogP contribution in [0.25, 0.3) is 0 Å². The van der Waals surface area contributed by atoms with Crippen LogP contribution in [-0.2, 0) is 9.68 Å². The maximum atomic E-state index is 14.9. The van der Waals surface area contributed by atoms with Gasteiger partial charge in [0.15, 0.2) is 11.6 Å². The summed E-state index contributed by atoms with van der Waals surface area (Å²) in [5, 5.41) is 14.8. The van der Waals surface area contributed by atoms with Crippen molar-refractivity contribution in [1.82, 2.24) is 5.48 Å². The number of nitrogens with one attached hydrogen (secondary N) is 2. The molecule has 0 unspecified atom stereocenters. The van der Waals surface area contributed by atoms with Gasteiger partial charge in [-0.15, -0.1) is 0 Å². The fourth-order valence-corrected chi connectivity index (χ4v) is 3.26. The molecule has 0 saturated carbocycles. The van der Waals surface area contributed by atoms with E-state index in [1.54, 1.807) is 17.8 Å². The van der Waals surface area contributed by atoms with Gasteiger partial charge in [0.2, 0.25) is 0 Å². The van der Waals surface area contributed by atoms with Crippen molar-refractivity contribution >= 4 is 57.8 Å². The van der Waals surface area contributed by atoms with Gasteiger partial charge in [0.1, 0.15) is 12.4 Å². The minimum atomic E-state index is -1.42. The van der Waals surface area contributed by atoms with Crippen LogP contribution in [-0.4, -0.2) is 49.1 Å². The second-order valence-electron chi connectivity index (χ2n) is 6.18. The lowest BCUT2D eigenvalue weighted by Crippen LogP contribution is -2.26. The minimum Gasteiger partial charge on any atom is -0.396 e. The van der Waals surface area contributed by atoms with Gasteiger partial charge in [0, 0.05) is 9.13 Å². The third-order valence-corrected chi connectivity index (χ3v) is 5.25. The second-order valence-corrected chi connectivity index (χ2v) is 8.41. The third kappa shape index (κ3) is 7.53. The van der Waals surface area contributed by atoms with E-state index in [2.05, 4.69) is 10.5 Å². The van der Waals surface area contributed by atoms with Gasteiger partial charge in [-0.3, -0.25) is 9.63 Å². The predicted octanol–water partition coefficient (Wildman–Crippen LogP) is 4.21. The Hall–Kier alpha value is -2.03. The molecule has 0 bridgehead atoms. The van der Waals surface area contributed by atoms with Gasteiger partial charge in [-0.25, -0.2) is 18.7 Å². The van der Waals surface area contributed by atoms with E-state index in [0.717, 1.165) is 24.5 Å². The first-order chi connectivity index (χ1) is 15.4. The molecule has 0 fully saturated rings. The van der Waals surface area contributed by atoms with Crippen LogP contribution in [0.5, 0.6) is 0 Å². The molecule has 2 aromatic carbocycles. The van der Waals surface area contributed by atoms with Crippen molar-refractivity contribution in [2.75, 3.05) is 37.1 Å². The maximum Gasteiger partial charge on any atom is 0.277 e. The van der Waals surface area contributed by atoms with Crippen LogP contribution in [0.15, 0.2) is 29.4 Å². The molecule has 3 N–H and O–H groups in total. The molecule has 7 nitrogen and oxygen atoms in total. The highest BCUT2D eigenvalue weighted by molar-refractivity contribution is 14.1. The number of carbonyl (C=O) groups is 1. The fourth-order valence-electron chi connectivity index (χ4n) is 2.40. The molecular weight excluding hydrogens is 562 g/mol. The summed E-state index contributed by atoms with van der Waals surface area (Å²) >= 11 is 3.53. The molecule has 0 saturated heterocycles. The molecule has 0 radical (unpaired) electrons. The van der Waals surface area contributed by atoms with Crippen molar-refractivity contribution in [3.05, 3.63) is 56.4 Å². The molecule has 2 aromatic rings. The standard InChI is InChI=1S/C20H21F3IN3O4S/c1-32-8-2-6-30-25-11-12-9-14(20(29)27-31-7-5-28)19(18(23)17(12)22)26-16-4-3-13(24)10-15(16)21/h3-4,9-11,26,28H,2,5-8H2,1H3,(H,27,29). The Labute approximate surface area is 200 Å². The molecule has 0 aliphatic carbocycles. The quantitative estimate of drug-likeness (QED) is 0.150. The Balaban J connectivity index is 2.38. The summed E-state index contributed by atoms with van der Waals surface area (Å²) < 4.78 is 44.4. The van der Waals surface area contributed by atoms with E-state index < -0.39 is 29.0 Å². The van der Waals surface area contributed by atoms with Crippen molar-refractivity contribution in [3.8, 4) is 0 Å². The average Bonchev–Trinajstić information content (AvgIpc) is 2.76. The van der Waals surface area contributed by atoms with Crippen molar-refractivity contribution in [3.63, 3.8) is 0 Å². The topological polar surface area (TPSA) is 92.2 Å². The number of rotatable bonds is 12. The summed E-state index contributed by atoms with van der Waals surface area (Å²) in [4.78, 5) is 22.3. The highest BCUT2D eigenvalue weighted by Crippen LogP contribution is 2.30. The third-order valence-electron chi connectivity index (χ3n) is 3.88. The number of thioether (sulfide) groups is 1. The SMILES string of the molecule is CSCCCON=Cc1cc(C(=O)NOCCO)c(Nc2ccc(I)cc2F)c(F)c1F. The molecule has 174 valence electrons. The first-order valence-electron chi connectivity index (χ1n) is 9.30. The normalized spacial score (nSPS) is 11.1. The summed E-state index contributed by atoms with van der Waals surface area (Å²) in [6, 6.07) is 5.10. The summed E-state index contributed by atoms with van der Waals surface area (Å²) in [5.41, 5.74) is 0.536. The van der Waals surface area contributed by atoms with E-state index >= 15 is 0 Å². The van der Waals surface area contributed by atoms with E-state index in [1.165, 1.54) is 12.1 Å². The lowest BCUT2D eigenvalue weighted by molar-refractivity contribution is 0.0168. The Bertz CT molecular complexity index is 966. The Morgan fingerprint density at radius 1 is 1.25 bits per heavy atom. The van der Waals surface area contributed by atoms with E-state index in [0.29, 0.717) is 3.57 Å². The smallest absolute Gasteiger partial charge is 0.277 e. The van der Waals surface area contributed by atoms with Crippen LogP contribution < -0.4 is 10.8 Å². The summed E-state index contributed by atoms with van der Waals surface area (Å²) in [5.74, 6) is -3.53. The molecule has 1 amide bonds. The first-order valence-corrected chi connectivity index (χ1v) is 11.8. The number of nitrogens with zero attached hydrogens (tertiary/aromatic N) is 1. The van der Waals surface area contributed by atoms with Crippen molar-refractivity contribution < 1.29 is 32.7 Å². The summed E-state index contributed by atoms with van der Waals surface area (Å²) in [7, 11) is 0. The zero-order valence-electron chi connectivity index (χ0n) is 17.0. The number of halogens is 4. The van der Waals surface area contributed by atoms with Crippen LogP contribution >= 0.6 is 34.4 Å². The molecule has 0 aliphatic heterocycles. The molecule has 2 rings (SSSR count). The molecule has 0 heterocycles. The lowest BCUT2D eigenvalue weighted by Gasteiger charge is -2.15. The van der Waals surface area contributed by atoms with E-state index in [1.807, 2.05) is 34.3 Å². The maximum absolute atomic E-state index is 14.9. The number of anilines is 2. The molecule has 0 spiro atoms. The van der Waals surface area contributed by atoms with Gasteiger partial charge in [-0.2, -0.15) is 11.8 Å². The number of amides is 1. The lowest BCUT2D eigenvalue weighted by atomic mass is 10.1. The summed E-state index contributed by atoms with van der Waals surface area (Å²) in [6.07, 6.45) is 3.60. The van der Waals surface area contributed by atoms with Gasteiger partial charge >= 0.3 is 0 Å². The van der Waals surface area contributed by atoms with Crippen LogP contribution in [0.2, 0.25) is 0 Å². The number of hydrogen-bond acceptors (Lipinski definition) is 7. The largest absolute Gasteiger partial charge is 0.396 e. The van der Waals surface area contributed by atoms with Crippen LogP contribution in [0.1, 0.15) is 22.3 Å². The monoisotopic (exact) mass is 583 g/mol. The number of oxime groups is 1. The molecular formula is C20H21F3IN3O4S. The van der Waals surface area contributed by atoms with Gasteiger partial charge < -0.3 is 15.3 Å². The molecule has 0 aromatic heterocycles. The van der Waals surface area contributed by atoms with Gasteiger partial charge in [0.05, 0.1) is 36.4 Å². The van der Waals surface area contributed by atoms with Crippen LogP contribution in [0, 0.1) is 21.0 Å². The molecule has 32 heavy (non-hydrogen) atoms. The molecule has 0 aliphatic rings. The number of carbonyl (C=O) groups excluding carboxylic acids is 1. The number of aliphatic hydroxyl groups excluding tert-OH is 1. The minimum absolute atomic E-state index is 0.160. The average molecular weight is 583 g/mol. The molecule has 0 atom stereocenters. The van der Waals surface area contributed by atoms with Gasteiger partial charge in [-0.05, 0) is 65.3 Å². The number of hydroxylamine groups is 1. The van der Waals surface area contributed by atoms with Crippen molar-refractivity contribution in [2.45, 2.75) is 6.42 Å². The van der Waals surface area contributed by atoms with Crippen LogP contribution in [0.4, 0.5) is 24.5 Å². The predicted molar refractivity (Wildman–Crippen MR) is 126 cm³/mol. The zero-order valence-corrected chi connectivity index (χ0v) is 19.9. The zero-order chi connectivity index (χ0) is 23.5. The highest BCUT2D eigenvalue weighted by atomic mass is 127. The fraction of sp³-hybridized carbons (Fsp3) is 0.300. The highest BCUT2D eigenvalue weighted by Gasteiger charge is 2.23. The van der Waals surface area contributed by atoms with E-state index in [9.17, 15) is 18.0 Å². The number of benzene rings is 2. The van der Waals surface area contributed by atoms with Gasteiger partial charge in [-0.1, -0.05) is 5.16 Å². The Morgan fingerprint density at radius 3 is 2.72 bits per heavy atom. The Kier molecular flexibility index (Phi) is 11.1. The Morgan fingerprint density at radius 2 is 2.03 bits per heavy atom. The van der Waals surface area contributed by atoms with Crippen molar-refractivity contribution in [1.29, 1.82) is 0 Å². The molecule has 12 heteroatoms. The number of aliphatic hydroxyl groups is 1. The van der Waals surface area contributed by atoms with E-state index in [4.69, 9.17) is 14.8 Å². The first kappa shape index (κ1) is 26.2. The van der Waals surface area contributed by atoms with E-state index in [-0.39, 0.29) is 36.6 Å².